The van der Waals surface area contributed by atoms with Crippen molar-refractivity contribution in [2.24, 2.45) is 12.0 Å². The third kappa shape index (κ3) is 5.91. The van der Waals surface area contributed by atoms with Crippen LogP contribution in [0.15, 0.2) is 53.2 Å². The quantitative estimate of drug-likeness (QED) is 0.219. The first-order chi connectivity index (χ1) is 20.1. The number of hydrogen-bond acceptors (Lipinski definition) is 10. The normalized spacial score (nSPS) is 18.5. The van der Waals surface area contributed by atoms with Crippen LogP contribution in [0.3, 0.4) is 0 Å². The van der Waals surface area contributed by atoms with Crippen LogP contribution in [0.5, 0.6) is 5.75 Å². The number of benzene rings is 1. The highest BCUT2D eigenvalue weighted by molar-refractivity contribution is 6.36. The lowest BCUT2D eigenvalue weighted by Gasteiger charge is -2.20. The van der Waals surface area contributed by atoms with Crippen molar-refractivity contribution in [1.82, 2.24) is 30.1 Å². The molecule has 1 atom stereocenters. The summed E-state index contributed by atoms with van der Waals surface area (Å²) in [6.45, 7) is 1.43. The highest BCUT2D eigenvalue weighted by Gasteiger charge is 2.35. The Morgan fingerprint density at radius 2 is 2.14 bits per heavy atom. The lowest BCUT2D eigenvalue weighted by Crippen LogP contribution is -2.31. The maximum Gasteiger partial charge on any atom is 0.416 e. The number of amidine groups is 1. The number of aromatic nitrogens is 3. The van der Waals surface area contributed by atoms with Crippen LogP contribution in [-0.2, 0) is 24.5 Å². The van der Waals surface area contributed by atoms with Crippen molar-refractivity contribution in [3.05, 3.63) is 64.4 Å². The van der Waals surface area contributed by atoms with Crippen LogP contribution in [-0.4, -0.2) is 64.8 Å². The van der Waals surface area contributed by atoms with E-state index in [0.717, 1.165) is 18.7 Å². The first-order valence-electron chi connectivity index (χ1n) is 13.0. The lowest BCUT2D eigenvalue weighted by molar-refractivity contribution is -0.138. The number of rotatable bonds is 8. The van der Waals surface area contributed by atoms with Gasteiger partial charge in [-0.2, -0.15) is 18.2 Å². The number of anilines is 2. The standard InChI is InChI=1S/C27H29ClF3N9O2/c1-33-24-22(34-7-8-35-24)19(11-32)42-20-12-36-25-23(21(20)28)39(2)26(38-25)37-16-5-4-15(18(10-16)27(29,30)31)13-40-9-6-17(14-40)41-3/h4-5,7-8,10-12,17,32,34H,6,9,13-14H2,1-3H3,(H,33,35)(H,36,37,38)/b22-19+,32-11?/t17-/m1/s1. The first-order valence-corrected chi connectivity index (χ1v) is 13.3. The van der Waals surface area contributed by atoms with E-state index in [1.807, 2.05) is 4.90 Å². The molecular formula is C27H29ClF3N9O2. The Morgan fingerprint density at radius 1 is 1.33 bits per heavy atom. The number of imidazole rings is 1. The largest absolute Gasteiger partial charge is 0.450 e. The molecule has 1 aromatic carbocycles. The van der Waals surface area contributed by atoms with E-state index in [2.05, 4.69) is 30.9 Å². The van der Waals surface area contributed by atoms with Crippen LogP contribution >= 0.6 is 11.6 Å². The maximum atomic E-state index is 14.1. The zero-order chi connectivity index (χ0) is 30.0. The predicted octanol–water partition coefficient (Wildman–Crippen LogP) is 4.54. The van der Waals surface area contributed by atoms with Gasteiger partial charge in [0.15, 0.2) is 23.0 Å². The molecule has 0 aliphatic carbocycles. The zero-order valence-corrected chi connectivity index (χ0v) is 23.8. The Morgan fingerprint density at radius 3 is 2.83 bits per heavy atom. The molecular weight excluding hydrogens is 575 g/mol. The summed E-state index contributed by atoms with van der Waals surface area (Å²) in [6, 6.07) is 4.15. The van der Waals surface area contributed by atoms with E-state index in [-0.39, 0.29) is 52.0 Å². The fraction of sp³-hybridized carbons (Fsp3) is 0.333. The second-order valence-electron chi connectivity index (χ2n) is 9.65. The number of likely N-dealkylation sites (tertiary alicyclic amines) is 1. The average molecular weight is 604 g/mol. The van der Waals surface area contributed by atoms with Gasteiger partial charge in [-0.3, -0.25) is 4.90 Å². The van der Waals surface area contributed by atoms with Crippen LogP contribution < -0.4 is 20.7 Å². The minimum atomic E-state index is -4.54. The monoisotopic (exact) mass is 603 g/mol. The van der Waals surface area contributed by atoms with Crippen LogP contribution in [0.1, 0.15) is 17.5 Å². The lowest BCUT2D eigenvalue weighted by atomic mass is 10.1. The third-order valence-corrected chi connectivity index (χ3v) is 7.37. The summed E-state index contributed by atoms with van der Waals surface area (Å²) < 4.78 is 55.1. The molecule has 2 aliphatic heterocycles. The second kappa shape index (κ2) is 12.0. The van der Waals surface area contributed by atoms with Gasteiger partial charge in [0, 0.05) is 58.9 Å². The van der Waals surface area contributed by atoms with E-state index in [1.165, 1.54) is 12.3 Å². The highest BCUT2D eigenvalue weighted by atomic mass is 35.5. The van der Waals surface area contributed by atoms with Gasteiger partial charge in [0.2, 0.25) is 5.95 Å². The zero-order valence-electron chi connectivity index (χ0n) is 23.0. The number of aryl methyl sites for hydroxylation is 1. The molecule has 0 amide bonds. The Labute approximate surface area is 244 Å². The minimum Gasteiger partial charge on any atom is -0.450 e. The first kappa shape index (κ1) is 29.4. The van der Waals surface area contributed by atoms with Gasteiger partial charge < -0.3 is 35.4 Å². The third-order valence-electron chi connectivity index (χ3n) is 7.01. The van der Waals surface area contributed by atoms with Crippen molar-refractivity contribution in [3.63, 3.8) is 0 Å². The van der Waals surface area contributed by atoms with Crippen LogP contribution in [0.25, 0.3) is 11.2 Å². The van der Waals surface area contributed by atoms with Gasteiger partial charge in [-0.15, -0.1) is 0 Å². The van der Waals surface area contributed by atoms with Crippen molar-refractivity contribution in [1.29, 1.82) is 5.41 Å². The number of nitrogens with one attached hydrogen (secondary N) is 4. The Hall–Kier alpha value is -4.14. The van der Waals surface area contributed by atoms with E-state index in [1.54, 1.807) is 44.2 Å². The van der Waals surface area contributed by atoms with Crippen LogP contribution in [0.4, 0.5) is 24.8 Å². The molecule has 1 fully saturated rings. The minimum absolute atomic E-state index is 0.0262. The molecule has 4 heterocycles. The molecule has 11 nitrogen and oxygen atoms in total. The molecule has 15 heteroatoms. The van der Waals surface area contributed by atoms with Gasteiger partial charge in [0.05, 0.1) is 24.1 Å². The number of allylic oxidation sites excluding steroid dienone is 1. The summed E-state index contributed by atoms with van der Waals surface area (Å²) in [6.07, 6.45) is 1.78. The van der Waals surface area contributed by atoms with E-state index in [9.17, 15) is 13.2 Å². The molecule has 1 saturated heterocycles. The van der Waals surface area contributed by atoms with Gasteiger partial charge in [-0.25, -0.2) is 9.98 Å². The van der Waals surface area contributed by atoms with Gasteiger partial charge in [0.25, 0.3) is 0 Å². The fourth-order valence-corrected chi connectivity index (χ4v) is 5.17. The molecule has 2 aliphatic rings. The molecule has 0 saturated carbocycles. The van der Waals surface area contributed by atoms with E-state index in [0.29, 0.717) is 30.1 Å². The van der Waals surface area contributed by atoms with Gasteiger partial charge in [-0.05, 0) is 24.1 Å². The molecule has 0 bridgehead atoms. The summed E-state index contributed by atoms with van der Waals surface area (Å²) in [5, 5.41) is 16.9. The second-order valence-corrected chi connectivity index (χ2v) is 10.0. The predicted molar refractivity (Wildman–Crippen MR) is 154 cm³/mol. The topological polar surface area (TPSA) is 125 Å². The van der Waals surface area contributed by atoms with Crippen molar-refractivity contribution in [2.45, 2.75) is 25.2 Å². The maximum absolute atomic E-state index is 14.1. The summed E-state index contributed by atoms with van der Waals surface area (Å²) in [5.41, 5.74) is 0.741. The highest BCUT2D eigenvalue weighted by Crippen LogP contribution is 2.37. The SMILES string of the molecule is CNC1=NC=CN/C1=C(\C=N)Oc1cnc2nc(Nc3ccc(CN4CC[C@@H](OC)C4)c(C(F)(F)F)c3)n(C)c2c1Cl. The van der Waals surface area contributed by atoms with Crippen LogP contribution in [0.2, 0.25) is 5.02 Å². The molecule has 3 aromatic rings. The molecule has 5 rings (SSSR count). The Kier molecular flexibility index (Phi) is 8.38. The number of ether oxygens (including phenoxy) is 2. The number of hydrogen-bond donors (Lipinski definition) is 4. The molecule has 222 valence electrons. The van der Waals surface area contributed by atoms with Crippen molar-refractivity contribution < 1.29 is 22.6 Å². The molecule has 0 spiro atoms. The summed E-state index contributed by atoms with van der Waals surface area (Å²) in [5.74, 6) is 0.964. The number of aliphatic imine (C=N–C) groups is 1. The van der Waals surface area contributed by atoms with Gasteiger partial charge >= 0.3 is 6.18 Å². The van der Waals surface area contributed by atoms with Crippen molar-refractivity contribution in [3.8, 4) is 5.75 Å². The number of fused-ring (bicyclic) bond motifs is 1. The Balaban J connectivity index is 1.42. The molecule has 4 N–H and O–H groups in total. The number of halogens is 4. The summed E-state index contributed by atoms with van der Waals surface area (Å²) >= 11 is 6.69. The smallest absolute Gasteiger partial charge is 0.416 e. The molecule has 42 heavy (non-hydrogen) atoms. The number of pyridine rings is 1. The van der Waals surface area contributed by atoms with Crippen LogP contribution in [0, 0.1) is 5.41 Å². The van der Waals surface area contributed by atoms with E-state index in [4.69, 9.17) is 26.5 Å². The molecule has 0 radical (unpaired) electrons. The van der Waals surface area contributed by atoms with Gasteiger partial charge in [-0.1, -0.05) is 17.7 Å². The Bertz CT molecular complexity index is 1600. The molecule has 2 aromatic heterocycles. The molecule has 0 unspecified atom stereocenters. The fourth-order valence-electron chi connectivity index (χ4n) is 4.87. The number of methoxy groups -OCH3 is 1. The van der Waals surface area contributed by atoms with Gasteiger partial charge in [0.1, 0.15) is 16.2 Å². The van der Waals surface area contributed by atoms with Crippen molar-refractivity contribution >= 4 is 46.5 Å². The van der Waals surface area contributed by atoms with E-state index >= 15 is 0 Å². The number of likely N-dealkylation sites (N-methyl/N-ethyl adjacent to an activating group) is 1. The van der Waals surface area contributed by atoms with Crippen molar-refractivity contribution in [2.75, 3.05) is 32.6 Å². The number of alkyl halides is 3. The summed E-state index contributed by atoms with van der Waals surface area (Å²) in [7, 11) is 4.95. The van der Waals surface area contributed by atoms with E-state index < -0.39 is 11.7 Å². The number of nitrogens with zero attached hydrogens (tertiary/aromatic N) is 5. The average Bonchev–Trinajstić information content (AvgIpc) is 3.56. The summed E-state index contributed by atoms with van der Waals surface area (Å²) in [4.78, 5) is 14.9.